The van der Waals surface area contributed by atoms with Crippen LogP contribution in [0.3, 0.4) is 0 Å². The van der Waals surface area contributed by atoms with E-state index in [1.165, 1.54) is 0 Å². The number of carboxylic acids is 1. The molecule has 1 N–H and O–H groups in total. The monoisotopic (exact) mass is 168 g/mol. The van der Waals surface area contributed by atoms with Crippen LogP contribution < -0.4 is 0 Å². The first-order chi connectivity index (χ1) is 3.27. The Balaban J connectivity index is 0. The number of halogens is 1. The lowest BCUT2D eigenvalue weighted by atomic mass is 10.8. The molecular weight excluding hydrogens is 160 g/mol. The van der Waals surface area contributed by atoms with Gasteiger partial charge in [0.2, 0.25) is 0 Å². The summed E-state index contributed by atoms with van der Waals surface area (Å²) >= 11 is 2.71. The number of carboxylic acid groups (broad SMARTS) is 1. The number of hydrogen-bond donors (Lipinski definition) is 1. The first kappa shape index (κ1) is 10.0. The maximum absolute atomic E-state index is 9.32. The first-order valence-electron chi connectivity index (χ1n) is 2.05. The summed E-state index contributed by atoms with van der Waals surface area (Å²) in [5.41, 5.74) is 0. The van der Waals surface area contributed by atoms with Crippen molar-refractivity contribution < 1.29 is 9.90 Å². The molecule has 3 heteroatoms. The largest absolute Gasteiger partial charge is 0.481 e. The average molecular weight is 169 g/mol. The Labute approximate surface area is 51.7 Å². The maximum atomic E-state index is 9.32. The second-order valence-corrected chi connectivity index (χ2v) is 1.09. The highest BCUT2D eigenvalue weighted by molar-refractivity contribution is 9.09. The van der Waals surface area contributed by atoms with E-state index in [2.05, 4.69) is 15.9 Å². The summed E-state index contributed by atoms with van der Waals surface area (Å²) in [6.45, 7) is 4.00. The zero-order valence-electron chi connectivity index (χ0n) is 4.44. The molecule has 0 aliphatic heterocycles. The number of alkyl halides is 1. The summed E-state index contributed by atoms with van der Waals surface area (Å²) in [7, 11) is 0. The minimum Gasteiger partial charge on any atom is -0.481 e. The minimum atomic E-state index is -0.829. The standard InChI is InChI=1S/C2H3BrO2.C2H6/c3-1-2(4)5;1-2/h1H2,(H,4,5);1-2H3. The van der Waals surface area contributed by atoms with E-state index >= 15 is 0 Å². The molecule has 0 heterocycles. The van der Waals surface area contributed by atoms with Crippen LogP contribution in [0.15, 0.2) is 0 Å². The molecule has 0 aliphatic carbocycles. The molecule has 0 aromatic carbocycles. The molecule has 0 fully saturated rings. The van der Waals surface area contributed by atoms with E-state index < -0.39 is 5.97 Å². The van der Waals surface area contributed by atoms with Gasteiger partial charge >= 0.3 is 5.97 Å². The van der Waals surface area contributed by atoms with Gasteiger partial charge < -0.3 is 5.11 Å². The molecule has 0 bridgehead atoms. The highest BCUT2D eigenvalue weighted by Crippen LogP contribution is 1.73. The van der Waals surface area contributed by atoms with Gasteiger partial charge in [0.05, 0.1) is 0 Å². The van der Waals surface area contributed by atoms with Crippen LogP contribution in [0.4, 0.5) is 0 Å². The van der Waals surface area contributed by atoms with Gasteiger partial charge in [-0.3, -0.25) is 4.79 Å². The Morgan fingerprint density at radius 3 is 1.86 bits per heavy atom. The lowest BCUT2D eigenvalue weighted by molar-refractivity contribution is -0.133. The van der Waals surface area contributed by atoms with Crippen molar-refractivity contribution in [3.8, 4) is 0 Å². The normalized spacial score (nSPS) is 6.14. The Bertz CT molecular complexity index is 45.0. The predicted octanol–water partition coefficient (Wildman–Crippen LogP) is 1.49. The fraction of sp³-hybridized carbons (Fsp3) is 0.750. The molecular formula is C4H9BrO2. The Kier molecular flexibility index (Phi) is 13.4. The van der Waals surface area contributed by atoms with Gasteiger partial charge in [0.25, 0.3) is 0 Å². The minimum absolute atomic E-state index is 0.0347. The molecule has 0 saturated heterocycles. The highest BCUT2D eigenvalue weighted by Gasteiger charge is 1.83. The predicted molar refractivity (Wildman–Crippen MR) is 32.8 cm³/mol. The third-order valence-corrected chi connectivity index (χ3v) is 0.594. The molecule has 0 aliphatic rings. The molecule has 44 valence electrons. The molecule has 2 nitrogen and oxygen atoms in total. The second kappa shape index (κ2) is 9.34. The van der Waals surface area contributed by atoms with Crippen LogP contribution in [-0.4, -0.2) is 16.4 Å². The van der Waals surface area contributed by atoms with Crippen molar-refractivity contribution >= 4 is 21.9 Å². The van der Waals surface area contributed by atoms with Crippen LogP contribution in [0, 0.1) is 0 Å². The molecule has 0 rings (SSSR count). The van der Waals surface area contributed by atoms with Crippen molar-refractivity contribution in [2.24, 2.45) is 0 Å². The number of rotatable bonds is 1. The molecule has 0 radical (unpaired) electrons. The smallest absolute Gasteiger partial charge is 0.314 e. The molecule has 0 amide bonds. The molecule has 7 heavy (non-hydrogen) atoms. The van der Waals surface area contributed by atoms with Crippen molar-refractivity contribution in [3.63, 3.8) is 0 Å². The number of hydrogen-bond acceptors (Lipinski definition) is 1. The summed E-state index contributed by atoms with van der Waals surface area (Å²) in [6.07, 6.45) is 0. The van der Waals surface area contributed by atoms with E-state index in [9.17, 15) is 4.79 Å². The maximum Gasteiger partial charge on any atom is 0.314 e. The first-order valence-corrected chi connectivity index (χ1v) is 3.17. The van der Waals surface area contributed by atoms with E-state index in [0.29, 0.717) is 0 Å². The summed E-state index contributed by atoms with van der Waals surface area (Å²) < 4.78 is 0. The fourth-order valence-electron chi connectivity index (χ4n) is 0. The van der Waals surface area contributed by atoms with Gasteiger partial charge in [0.15, 0.2) is 0 Å². The topological polar surface area (TPSA) is 37.3 Å². The molecule has 0 spiro atoms. The van der Waals surface area contributed by atoms with Crippen LogP contribution in [0.25, 0.3) is 0 Å². The van der Waals surface area contributed by atoms with Gasteiger partial charge in [0.1, 0.15) is 5.33 Å². The van der Waals surface area contributed by atoms with Crippen LogP contribution in [0.1, 0.15) is 13.8 Å². The zero-order chi connectivity index (χ0) is 6.28. The number of aliphatic carboxylic acids is 1. The van der Waals surface area contributed by atoms with Gasteiger partial charge in [-0.15, -0.1) is 0 Å². The lowest BCUT2D eigenvalue weighted by Crippen LogP contribution is -1.92. The van der Waals surface area contributed by atoms with Crippen molar-refractivity contribution in [1.82, 2.24) is 0 Å². The van der Waals surface area contributed by atoms with Gasteiger partial charge in [0, 0.05) is 0 Å². The Morgan fingerprint density at radius 1 is 1.71 bits per heavy atom. The Hall–Kier alpha value is -0.0500. The van der Waals surface area contributed by atoms with E-state index in [-0.39, 0.29) is 5.33 Å². The molecule has 0 unspecified atom stereocenters. The lowest BCUT2D eigenvalue weighted by Gasteiger charge is -1.70. The summed E-state index contributed by atoms with van der Waals surface area (Å²) in [5, 5.41) is 7.71. The van der Waals surface area contributed by atoms with Crippen LogP contribution >= 0.6 is 15.9 Å². The van der Waals surface area contributed by atoms with Gasteiger partial charge in [-0.2, -0.15) is 0 Å². The van der Waals surface area contributed by atoms with Crippen molar-refractivity contribution in [1.29, 1.82) is 0 Å². The average Bonchev–Trinajstić information content (AvgIpc) is 1.73. The molecule has 0 atom stereocenters. The van der Waals surface area contributed by atoms with Gasteiger partial charge in [-0.25, -0.2) is 0 Å². The van der Waals surface area contributed by atoms with Gasteiger partial charge in [-0.05, 0) is 0 Å². The summed E-state index contributed by atoms with van der Waals surface area (Å²) in [6, 6.07) is 0. The van der Waals surface area contributed by atoms with Crippen LogP contribution in [0.5, 0.6) is 0 Å². The Morgan fingerprint density at radius 2 is 1.86 bits per heavy atom. The quantitative estimate of drug-likeness (QED) is 0.603. The zero-order valence-corrected chi connectivity index (χ0v) is 6.03. The molecule has 0 aromatic heterocycles. The van der Waals surface area contributed by atoms with Crippen molar-refractivity contribution in [3.05, 3.63) is 0 Å². The third-order valence-electron chi connectivity index (χ3n) is 0.114. The van der Waals surface area contributed by atoms with E-state index in [0.717, 1.165) is 0 Å². The van der Waals surface area contributed by atoms with E-state index in [1.54, 1.807) is 0 Å². The van der Waals surface area contributed by atoms with Crippen LogP contribution in [0.2, 0.25) is 0 Å². The second-order valence-electron chi connectivity index (χ2n) is 0.527. The molecule has 0 aromatic rings. The van der Waals surface area contributed by atoms with E-state index in [1.807, 2.05) is 13.8 Å². The number of carbonyl (C=O) groups is 1. The summed E-state index contributed by atoms with van der Waals surface area (Å²) in [5.74, 6) is -0.829. The van der Waals surface area contributed by atoms with E-state index in [4.69, 9.17) is 5.11 Å². The van der Waals surface area contributed by atoms with Crippen molar-refractivity contribution in [2.75, 3.05) is 5.33 Å². The van der Waals surface area contributed by atoms with Crippen molar-refractivity contribution in [2.45, 2.75) is 13.8 Å². The third kappa shape index (κ3) is 24.4. The highest BCUT2D eigenvalue weighted by atomic mass is 79.9. The SMILES string of the molecule is CC.O=C(O)CBr. The molecule has 0 saturated carbocycles. The van der Waals surface area contributed by atoms with Crippen LogP contribution in [-0.2, 0) is 4.79 Å². The fourth-order valence-corrected chi connectivity index (χ4v) is 0. The van der Waals surface area contributed by atoms with Gasteiger partial charge in [-0.1, -0.05) is 29.8 Å². The summed E-state index contributed by atoms with van der Waals surface area (Å²) in [4.78, 5) is 9.32.